The van der Waals surface area contributed by atoms with Crippen LogP contribution in [0.1, 0.15) is 18.1 Å². The topological polar surface area (TPSA) is 75.0 Å². The van der Waals surface area contributed by atoms with Crippen molar-refractivity contribution in [3.63, 3.8) is 0 Å². The molecular formula is C29H25N3O2S. The summed E-state index contributed by atoms with van der Waals surface area (Å²) in [6.07, 6.45) is 0. The highest BCUT2D eigenvalue weighted by atomic mass is 32.2. The number of thioether (sulfide) groups is 1. The number of hydrogen-bond donors (Lipinski definition) is 1. The van der Waals surface area contributed by atoms with Crippen molar-refractivity contribution in [1.82, 2.24) is 4.98 Å². The third kappa shape index (κ3) is 5.71. The fourth-order valence-corrected chi connectivity index (χ4v) is 4.50. The molecule has 0 saturated carbocycles. The zero-order valence-corrected chi connectivity index (χ0v) is 20.6. The maximum Gasteiger partial charge on any atom is 0.237 e. The Bertz CT molecular complexity index is 1360. The number of aryl methyl sites for hydroxylation is 1. The molecule has 0 fully saturated rings. The Hall–Kier alpha value is -4.08. The largest absolute Gasteiger partial charge is 0.497 e. The predicted octanol–water partition coefficient (Wildman–Crippen LogP) is 6.72. The molecule has 1 amide bonds. The molecule has 0 aliphatic heterocycles. The molecule has 1 heterocycles. The summed E-state index contributed by atoms with van der Waals surface area (Å²) >= 11 is 1.28. The summed E-state index contributed by atoms with van der Waals surface area (Å²) in [5.41, 5.74) is 5.61. The molecule has 1 aromatic heterocycles. The molecule has 1 N–H and O–H groups in total. The number of carbonyl (C=O) groups is 1. The molecule has 0 bridgehead atoms. The van der Waals surface area contributed by atoms with E-state index in [1.54, 1.807) is 7.11 Å². The molecular weight excluding hydrogens is 454 g/mol. The lowest BCUT2D eigenvalue weighted by atomic mass is 9.99. The fourth-order valence-electron chi connectivity index (χ4n) is 3.57. The minimum atomic E-state index is -0.467. The van der Waals surface area contributed by atoms with Crippen LogP contribution in [0.25, 0.3) is 22.4 Å². The molecule has 6 heteroatoms. The van der Waals surface area contributed by atoms with E-state index in [0.717, 1.165) is 39.4 Å². The summed E-state index contributed by atoms with van der Waals surface area (Å²) in [6.45, 7) is 3.82. The number of benzene rings is 3. The van der Waals surface area contributed by atoms with Crippen LogP contribution in [0.5, 0.6) is 5.75 Å². The molecule has 35 heavy (non-hydrogen) atoms. The molecule has 0 radical (unpaired) electrons. The van der Waals surface area contributed by atoms with Gasteiger partial charge in [-0.15, -0.1) is 0 Å². The van der Waals surface area contributed by atoms with Crippen molar-refractivity contribution in [2.24, 2.45) is 0 Å². The Kier molecular flexibility index (Phi) is 7.49. The first-order valence-electron chi connectivity index (χ1n) is 11.2. The normalized spacial score (nSPS) is 11.4. The van der Waals surface area contributed by atoms with E-state index in [0.29, 0.717) is 10.6 Å². The van der Waals surface area contributed by atoms with Crippen LogP contribution in [0.15, 0.2) is 90.0 Å². The van der Waals surface area contributed by atoms with Gasteiger partial charge in [-0.2, -0.15) is 5.26 Å². The first kappa shape index (κ1) is 24.1. The first-order valence-corrected chi connectivity index (χ1v) is 12.1. The fraction of sp³-hybridized carbons (Fsp3) is 0.138. The smallest absolute Gasteiger partial charge is 0.237 e. The van der Waals surface area contributed by atoms with Crippen LogP contribution in [0.3, 0.4) is 0 Å². The third-order valence-corrected chi connectivity index (χ3v) is 6.63. The van der Waals surface area contributed by atoms with Crippen molar-refractivity contribution in [3.8, 4) is 34.2 Å². The summed E-state index contributed by atoms with van der Waals surface area (Å²) in [6, 6.07) is 29.3. The Morgan fingerprint density at radius 3 is 2.31 bits per heavy atom. The monoisotopic (exact) mass is 479 g/mol. The number of nitriles is 1. The van der Waals surface area contributed by atoms with E-state index in [1.165, 1.54) is 11.8 Å². The number of rotatable bonds is 7. The Morgan fingerprint density at radius 2 is 1.69 bits per heavy atom. The van der Waals surface area contributed by atoms with Crippen LogP contribution in [0.2, 0.25) is 0 Å². The van der Waals surface area contributed by atoms with E-state index in [-0.39, 0.29) is 5.91 Å². The molecule has 0 aliphatic carbocycles. The van der Waals surface area contributed by atoms with E-state index in [4.69, 9.17) is 9.72 Å². The number of methoxy groups -OCH3 is 1. The predicted molar refractivity (Wildman–Crippen MR) is 142 cm³/mol. The first-order chi connectivity index (χ1) is 17.0. The van der Waals surface area contributed by atoms with Crippen molar-refractivity contribution in [2.45, 2.75) is 24.1 Å². The van der Waals surface area contributed by atoms with Crippen molar-refractivity contribution >= 4 is 23.4 Å². The zero-order chi connectivity index (χ0) is 24.8. The summed E-state index contributed by atoms with van der Waals surface area (Å²) in [4.78, 5) is 17.7. The highest BCUT2D eigenvalue weighted by Crippen LogP contribution is 2.36. The lowest BCUT2D eigenvalue weighted by molar-refractivity contribution is -0.115. The molecule has 0 unspecified atom stereocenters. The summed E-state index contributed by atoms with van der Waals surface area (Å²) < 4.78 is 5.29. The molecule has 0 aliphatic rings. The minimum Gasteiger partial charge on any atom is -0.497 e. The van der Waals surface area contributed by atoms with Gasteiger partial charge in [0.2, 0.25) is 5.91 Å². The Balaban J connectivity index is 1.72. The second-order valence-electron chi connectivity index (χ2n) is 8.06. The maximum absolute atomic E-state index is 12.9. The lowest BCUT2D eigenvalue weighted by Gasteiger charge is -2.16. The van der Waals surface area contributed by atoms with E-state index in [9.17, 15) is 10.1 Å². The van der Waals surface area contributed by atoms with Gasteiger partial charge in [0.1, 0.15) is 16.8 Å². The highest BCUT2D eigenvalue weighted by Gasteiger charge is 2.21. The molecule has 4 rings (SSSR count). The van der Waals surface area contributed by atoms with Gasteiger partial charge in [-0.1, -0.05) is 71.9 Å². The van der Waals surface area contributed by atoms with Gasteiger partial charge in [0, 0.05) is 16.8 Å². The van der Waals surface area contributed by atoms with E-state index in [1.807, 2.05) is 98.8 Å². The van der Waals surface area contributed by atoms with Crippen molar-refractivity contribution in [3.05, 3.63) is 96.1 Å². The van der Waals surface area contributed by atoms with Gasteiger partial charge in [-0.25, -0.2) is 4.98 Å². The van der Waals surface area contributed by atoms with Crippen LogP contribution in [-0.4, -0.2) is 23.3 Å². The standard InChI is InChI=1S/C29H25N3O2S/c1-19-9-13-23(14-10-19)31-28(33)20(2)35-29-26(18-30)25(21-11-15-24(34-3)16-12-21)17-27(32-29)22-7-5-4-6-8-22/h4-17,20H,1-3H3,(H,31,33)/t20-/m1/s1. The number of nitrogens with one attached hydrogen (secondary N) is 1. The zero-order valence-electron chi connectivity index (χ0n) is 19.8. The minimum absolute atomic E-state index is 0.152. The number of aromatic nitrogens is 1. The SMILES string of the molecule is COc1ccc(-c2cc(-c3ccccc3)nc(S[C@H](C)C(=O)Nc3ccc(C)cc3)c2C#N)cc1. The third-order valence-electron chi connectivity index (χ3n) is 5.55. The Labute approximate surface area is 209 Å². The second-order valence-corrected chi connectivity index (χ2v) is 9.39. The maximum atomic E-state index is 12.9. The van der Waals surface area contributed by atoms with Crippen LogP contribution >= 0.6 is 11.8 Å². The van der Waals surface area contributed by atoms with Crippen LogP contribution < -0.4 is 10.1 Å². The quantitative estimate of drug-likeness (QED) is 0.298. The van der Waals surface area contributed by atoms with E-state index in [2.05, 4.69) is 11.4 Å². The van der Waals surface area contributed by atoms with Crippen LogP contribution in [0, 0.1) is 18.3 Å². The number of anilines is 1. The van der Waals surface area contributed by atoms with E-state index >= 15 is 0 Å². The molecule has 5 nitrogen and oxygen atoms in total. The average Bonchev–Trinajstić information content (AvgIpc) is 2.90. The van der Waals surface area contributed by atoms with E-state index < -0.39 is 5.25 Å². The number of pyridine rings is 1. The molecule has 4 aromatic rings. The number of ether oxygens (including phenoxy) is 1. The van der Waals surface area contributed by atoms with Crippen LogP contribution in [0.4, 0.5) is 5.69 Å². The number of nitrogens with zero attached hydrogens (tertiary/aromatic N) is 2. The second kappa shape index (κ2) is 10.9. The van der Waals surface area contributed by atoms with Gasteiger partial charge in [-0.3, -0.25) is 4.79 Å². The Morgan fingerprint density at radius 1 is 1.00 bits per heavy atom. The van der Waals surface area contributed by atoms with Gasteiger partial charge in [-0.05, 0) is 49.7 Å². The van der Waals surface area contributed by atoms with Gasteiger partial charge >= 0.3 is 0 Å². The van der Waals surface area contributed by atoms with Crippen molar-refractivity contribution in [1.29, 1.82) is 5.26 Å². The van der Waals surface area contributed by atoms with Crippen molar-refractivity contribution in [2.75, 3.05) is 12.4 Å². The summed E-state index contributed by atoms with van der Waals surface area (Å²) in [5.74, 6) is 0.584. The lowest BCUT2D eigenvalue weighted by Crippen LogP contribution is -2.22. The molecule has 174 valence electrons. The molecule has 1 atom stereocenters. The molecule has 3 aromatic carbocycles. The van der Waals surface area contributed by atoms with Gasteiger partial charge < -0.3 is 10.1 Å². The number of amides is 1. The van der Waals surface area contributed by atoms with Gasteiger partial charge in [0.15, 0.2) is 0 Å². The number of hydrogen-bond acceptors (Lipinski definition) is 5. The van der Waals surface area contributed by atoms with Crippen LogP contribution in [-0.2, 0) is 4.79 Å². The molecule has 0 saturated heterocycles. The van der Waals surface area contributed by atoms with Gasteiger partial charge in [0.05, 0.1) is 23.6 Å². The number of carbonyl (C=O) groups excluding carboxylic acids is 1. The summed E-state index contributed by atoms with van der Waals surface area (Å²) in [7, 11) is 1.62. The average molecular weight is 480 g/mol. The van der Waals surface area contributed by atoms with Crippen molar-refractivity contribution < 1.29 is 9.53 Å². The summed E-state index contributed by atoms with van der Waals surface area (Å²) in [5, 5.41) is 13.1. The molecule has 0 spiro atoms. The van der Waals surface area contributed by atoms with Gasteiger partial charge in [0.25, 0.3) is 0 Å². The highest BCUT2D eigenvalue weighted by molar-refractivity contribution is 8.00.